The van der Waals surface area contributed by atoms with Gasteiger partial charge in [0, 0.05) is 13.0 Å². The van der Waals surface area contributed by atoms with Crippen LogP contribution in [0.15, 0.2) is 48.6 Å². The molecule has 0 fully saturated rings. The molecule has 0 heterocycles. The Labute approximate surface area is 339 Å². The van der Waals surface area contributed by atoms with Crippen molar-refractivity contribution in [2.45, 2.75) is 187 Å². The van der Waals surface area contributed by atoms with Gasteiger partial charge in [-0.2, -0.15) is 0 Å². The van der Waals surface area contributed by atoms with Crippen LogP contribution < -0.4 is 0 Å². The Balaban J connectivity index is 4.15. The highest BCUT2D eigenvalue weighted by Gasteiger charge is 2.26. The van der Waals surface area contributed by atoms with Gasteiger partial charge in [-0.25, -0.2) is 4.57 Å². The summed E-state index contributed by atoms with van der Waals surface area (Å²) in [5, 5.41) is 0. The second-order valence-corrected chi connectivity index (χ2v) is 17.5. The van der Waals surface area contributed by atoms with Gasteiger partial charge in [0.1, 0.15) is 19.3 Å². The predicted molar refractivity (Wildman–Crippen MR) is 233 cm³/mol. The zero-order valence-corrected chi connectivity index (χ0v) is 37.3. The standard InChI is InChI=1S/C46H86NO7P/c1-6-8-10-12-14-16-18-19-20-21-22-23-24-25-26-27-28-30-32-34-36-38-41-51-43-45(44-53-55(49,50)52-42-40-47(3,4)5)54-46(48)39-37-35-33-31-29-17-15-13-11-9-7-2/h8,10,14,16,19-20,22-23,45H,6-7,9,11-13,15,17-18,21,24-44H2,1-5H3/p+1/b10-8-,16-14-,20-19-,23-22-. The van der Waals surface area contributed by atoms with Gasteiger partial charge < -0.3 is 18.9 Å². The van der Waals surface area contributed by atoms with Gasteiger partial charge in [-0.3, -0.25) is 13.8 Å². The summed E-state index contributed by atoms with van der Waals surface area (Å²) in [6.07, 6.45) is 47.2. The number of hydrogen-bond acceptors (Lipinski definition) is 6. The summed E-state index contributed by atoms with van der Waals surface area (Å²) in [5.41, 5.74) is 0. The number of nitrogens with zero attached hydrogens (tertiary/aromatic N) is 1. The van der Waals surface area contributed by atoms with E-state index < -0.39 is 13.9 Å². The van der Waals surface area contributed by atoms with E-state index in [0.29, 0.717) is 24.1 Å². The number of hydrogen-bond donors (Lipinski definition) is 1. The minimum absolute atomic E-state index is 0.0871. The van der Waals surface area contributed by atoms with E-state index in [1.165, 1.54) is 103 Å². The van der Waals surface area contributed by atoms with Crippen LogP contribution >= 0.6 is 7.82 Å². The number of likely N-dealkylation sites (N-methyl/N-ethyl adjacent to an activating group) is 1. The zero-order chi connectivity index (χ0) is 40.6. The lowest BCUT2D eigenvalue weighted by Crippen LogP contribution is -2.37. The van der Waals surface area contributed by atoms with E-state index in [0.717, 1.165) is 57.8 Å². The number of allylic oxidation sites excluding steroid dienone is 8. The molecule has 9 heteroatoms. The third-order valence-corrected chi connectivity index (χ3v) is 10.4. The van der Waals surface area contributed by atoms with Crippen molar-refractivity contribution in [2.24, 2.45) is 0 Å². The first kappa shape index (κ1) is 53.5. The molecule has 0 amide bonds. The van der Waals surface area contributed by atoms with Crippen LogP contribution in [0.25, 0.3) is 0 Å². The maximum absolute atomic E-state index is 12.7. The Morgan fingerprint density at radius 2 is 1.05 bits per heavy atom. The lowest BCUT2D eigenvalue weighted by molar-refractivity contribution is -0.870. The van der Waals surface area contributed by atoms with Crippen molar-refractivity contribution in [1.29, 1.82) is 0 Å². The summed E-state index contributed by atoms with van der Waals surface area (Å²) in [5.74, 6) is -0.318. The van der Waals surface area contributed by atoms with Gasteiger partial charge in [0.05, 0.1) is 34.4 Å². The fraction of sp³-hybridized carbons (Fsp3) is 0.804. The number of carbonyl (C=O) groups excluding carboxylic acids is 1. The van der Waals surface area contributed by atoms with Crippen molar-refractivity contribution >= 4 is 13.8 Å². The number of ether oxygens (including phenoxy) is 2. The molecular formula is C46H87NO7P+. The van der Waals surface area contributed by atoms with Crippen LogP contribution in [0.3, 0.4) is 0 Å². The molecule has 0 aliphatic rings. The number of carbonyl (C=O) groups is 1. The van der Waals surface area contributed by atoms with Crippen molar-refractivity contribution in [3.63, 3.8) is 0 Å². The second-order valence-electron chi connectivity index (χ2n) is 16.1. The van der Waals surface area contributed by atoms with E-state index in [2.05, 4.69) is 62.5 Å². The van der Waals surface area contributed by atoms with Gasteiger partial charge in [0.15, 0.2) is 0 Å². The van der Waals surface area contributed by atoms with Crippen LogP contribution in [0.4, 0.5) is 0 Å². The zero-order valence-electron chi connectivity index (χ0n) is 36.4. The number of phosphoric ester groups is 1. The average molecular weight is 797 g/mol. The first-order chi connectivity index (χ1) is 26.6. The largest absolute Gasteiger partial charge is 0.472 e. The molecule has 0 spiro atoms. The number of quaternary nitrogens is 1. The Bertz CT molecular complexity index is 1020. The molecule has 0 aromatic rings. The van der Waals surface area contributed by atoms with E-state index in [1.807, 2.05) is 21.1 Å². The van der Waals surface area contributed by atoms with Crippen molar-refractivity contribution in [3.05, 3.63) is 48.6 Å². The fourth-order valence-electron chi connectivity index (χ4n) is 5.96. The maximum atomic E-state index is 12.7. The van der Waals surface area contributed by atoms with Crippen LogP contribution in [0.5, 0.6) is 0 Å². The van der Waals surface area contributed by atoms with E-state index >= 15 is 0 Å². The number of rotatable bonds is 41. The molecule has 55 heavy (non-hydrogen) atoms. The molecule has 0 saturated carbocycles. The highest BCUT2D eigenvalue weighted by Crippen LogP contribution is 2.43. The minimum Gasteiger partial charge on any atom is -0.457 e. The molecule has 2 atom stereocenters. The van der Waals surface area contributed by atoms with Crippen molar-refractivity contribution in [1.82, 2.24) is 0 Å². The summed E-state index contributed by atoms with van der Waals surface area (Å²) < 4.78 is 35.0. The summed E-state index contributed by atoms with van der Waals surface area (Å²) in [7, 11) is 1.66. The van der Waals surface area contributed by atoms with Gasteiger partial charge in [-0.1, -0.05) is 172 Å². The van der Waals surface area contributed by atoms with Crippen LogP contribution in [0, 0.1) is 0 Å². The lowest BCUT2D eigenvalue weighted by Gasteiger charge is -2.24. The topological polar surface area (TPSA) is 91.3 Å². The van der Waals surface area contributed by atoms with Gasteiger partial charge >= 0.3 is 13.8 Å². The molecule has 0 radical (unpaired) electrons. The molecule has 322 valence electrons. The monoisotopic (exact) mass is 797 g/mol. The number of unbranched alkanes of at least 4 members (excludes halogenated alkanes) is 19. The molecule has 0 aromatic heterocycles. The Hall–Kier alpha value is -1.54. The molecule has 0 rings (SSSR count). The minimum atomic E-state index is -4.27. The van der Waals surface area contributed by atoms with Crippen molar-refractivity contribution in [2.75, 3.05) is 54.1 Å². The molecule has 2 unspecified atom stereocenters. The second kappa shape index (κ2) is 39.3. The van der Waals surface area contributed by atoms with Crippen molar-refractivity contribution in [3.8, 4) is 0 Å². The molecule has 0 bridgehead atoms. The predicted octanol–water partition coefficient (Wildman–Crippen LogP) is 13.2. The van der Waals surface area contributed by atoms with Crippen LogP contribution in [0.1, 0.15) is 181 Å². The van der Waals surface area contributed by atoms with Gasteiger partial charge in [-0.15, -0.1) is 0 Å². The Morgan fingerprint density at radius 1 is 0.582 bits per heavy atom. The molecule has 0 saturated heterocycles. The molecule has 0 aromatic carbocycles. The third-order valence-electron chi connectivity index (χ3n) is 9.40. The fourth-order valence-corrected chi connectivity index (χ4v) is 6.70. The SMILES string of the molecule is CC/C=C\C/C=C\C/C=C\C/C=C\CCCCCCCCCCCOCC(COP(=O)(O)OCC[N+](C)(C)C)OC(=O)CCCCCCCCCCCCC. The summed E-state index contributed by atoms with van der Waals surface area (Å²) >= 11 is 0. The first-order valence-corrected chi connectivity index (χ1v) is 23.9. The quantitative estimate of drug-likeness (QED) is 0.0217. The number of esters is 1. The normalized spacial score (nSPS) is 14.2. The highest BCUT2D eigenvalue weighted by molar-refractivity contribution is 7.47. The summed E-state index contributed by atoms with van der Waals surface area (Å²) in [6, 6.07) is 0. The number of phosphoric acid groups is 1. The van der Waals surface area contributed by atoms with E-state index in [1.54, 1.807) is 0 Å². The molecular weight excluding hydrogens is 709 g/mol. The average Bonchev–Trinajstić information content (AvgIpc) is 3.13. The molecule has 1 N–H and O–H groups in total. The smallest absolute Gasteiger partial charge is 0.457 e. The molecule has 8 nitrogen and oxygen atoms in total. The van der Waals surface area contributed by atoms with Crippen molar-refractivity contribution < 1.29 is 37.3 Å². The van der Waals surface area contributed by atoms with Crippen LogP contribution in [-0.2, 0) is 27.9 Å². The van der Waals surface area contributed by atoms with Gasteiger partial charge in [0.2, 0.25) is 0 Å². The van der Waals surface area contributed by atoms with Gasteiger partial charge in [0.25, 0.3) is 0 Å². The van der Waals surface area contributed by atoms with Crippen LogP contribution in [0.2, 0.25) is 0 Å². The lowest BCUT2D eigenvalue weighted by atomic mass is 10.1. The van der Waals surface area contributed by atoms with E-state index in [4.69, 9.17) is 18.5 Å². The third kappa shape index (κ3) is 43.4. The Morgan fingerprint density at radius 3 is 1.58 bits per heavy atom. The van der Waals surface area contributed by atoms with E-state index in [9.17, 15) is 14.3 Å². The van der Waals surface area contributed by atoms with Crippen LogP contribution in [-0.4, -0.2) is 75.6 Å². The van der Waals surface area contributed by atoms with E-state index in [-0.39, 0.29) is 25.8 Å². The van der Waals surface area contributed by atoms with Gasteiger partial charge in [-0.05, 0) is 51.4 Å². The highest BCUT2D eigenvalue weighted by atomic mass is 31.2. The first-order valence-electron chi connectivity index (χ1n) is 22.4. The molecule has 0 aliphatic carbocycles. The Kier molecular flexibility index (Phi) is 38.2. The molecule has 0 aliphatic heterocycles. The maximum Gasteiger partial charge on any atom is 0.472 e. The summed E-state index contributed by atoms with van der Waals surface area (Å²) in [6.45, 7) is 5.49. The summed E-state index contributed by atoms with van der Waals surface area (Å²) in [4.78, 5) is 22.8.